The maximum absolute atomic E-state index is 11.2. The van der Waals surface area contributed by atoms with Crippen LogP contribution in [0.4, 0.5) is 0 Å². The standard InChI is InChI=1S/C20H37ClO2/c1-2-3-4-5-6-7-8-9-10-11-12-13-14-15-16-17-20(22)23-19-18-21/h9-10H,2-8,11-19H2,1H3/b10-9+. The van der Waals surface area contributed by atoms with Crippen molar-refractivity contribution in [2.75, 3.05) is 12.5 Å². The maximum Gasteiger partial charge on any atom is 0.305 e. The number of allylic oxidation sites excluding steroid dienone is 2. The lowest BCUT2D eigenvalue weighted by molar-refractivity contribution is -0.143. The first-order chi connectivity index (χ1) is 11.3. The molecule has 0 aromatic rings. The first kappa shape index (κ1) is 22.5. The third kappa shape index (κ3) is 19.5. The van der Waals surface area contributed by atoms with Crippen molar-refractivity contribution in [2.45, 2.75) is 96.8 Å². The number of hydrogen-bond acceptors (Lipinski definition) is 2. The van der Waals surface area contributed by atoms with E-state index in [9.17, 15) is 4.79 Å². The summed E-state index contributed by atoms with van der Waals surface area (Å²) in [6.45, 7) is 2.60. The van der Waals surface area contributed by atoms with Gasteiger partial charge in [-0.05, 0) is 32.1 Å². The zero-order chi connectivity index (χ0) is 17.0. The number of carbonyl (C=O) groups is 1. The second-order valence-corrected chi connectivity index (χ2v) is 6.62. The lowest BCUT2D eigenvalue weighted by Crippen LogP contribution is -2.06. The predicted molar refractivity (Wildman–Crippen MR) is 101 cm³/mol. The van der Waals surface area contributed by atoms with Crippen LogP contribution >= 0.6 is 11.6 Å². The fraction of sp³-hybridized carbons (Fsp3) is 0.850. The Kier molecular flexibility index (Phi) is 19.1. The van der Waals surface area contributed by atoms with E-state index in [-0.39, 0.29) is 5.97 Å². The van der Waals surface area contributed by atoms with E-state index in [2.05, 4.69) is 19.1 Å². The lowest BCUT2D eigenvalue weighted by atomic mass is 10.1. The molecule has 0 aliphatic carbocycles. The lowest BCUT2D eigenvalue weighted by Gasteiger charge is -2.02. The molecule has 0 aliphatic heterocycles. The summed E-state index contributed by atoms with van der Waals surface area (Å²) in [6, 6.07) is 0. The number of alkyl halides is 1. The zero-order valence-corrected chi connectivity index (χ0v) is 15.9. The molecule has 0 N–H and O–H groups in total. The molecule has 0 aromatic carbocycles. The second-order valence-electron chi connectivity index (χ2n) is 6.24. The average molecular weight is 345 g/mol. The van der Waals surface area contributed by atoms with E-state index in [1.165, 1.54) is 70.6 Å². The molecule has 0 heterocycles. The summed E-state index contributed by atoms with van der Waals surface area (Å²) in [5.74, 6) is 0.279. The van der Waals surface area contributed by atoms with Gasteiger partial charge in [0.25, 0.3) is 0 Å². The summed E-state index contributed by atoms with van der Waals surface area (Å²) in [5.41, 5.74) is 0. The summed E-state index contributed by atoms with van der Waals surface area (Å²) in [5, 5.41) is 0. The Morgan fingerprint density at radius 3 is 1.91 bits per heavy atom. The number of rotatable bonds is 17. The molecule has 0 aromatic heterocycles. The molecule has 0 rings (SSSR count). The summed E-state index contributed by atoms with van der Waals surface area (Å²) < 4.78 is 4.93. The molecule has 3 heteroatoms. The van der Waals surface area contributed by atoms with Crippen molar-refractivity contribution < 1.29 is 9.53 Å². The molecule has 0 radical (unpaired) electrons. The molecule has 136 valence electrons. The smallest absolute Gasteiger partial charge is 0.305 e. The van der Waals surface area contributed by atoms with E-state index in [0.29, 0.717) is 18.9 Å². The summed E-state index contributed by atoms with van der Waals surface area (Å²) in [4.78, 5) is 11.2. The Hall–Kier alpha value is -0.500. The monoisotopic (exact) mass is 344 g/mol. The van der Waals surface area contributed by atoms with Gasteiger partial charge in [0.1, 0.15) is 6.61 Å². The van der Waals surface area contributed by atoms with E-state index in [1.54, 1.807) is 0 Å². The van der Waals surface area contributed by atoms with Crippen molar-refractivity contribution in [3.05, 3.63) is 12.2 Å². The third-order valence-corrected chi connectivity index (χ3v) is 4.14. The first-order valence-electron chi connectivity index (χ1n) is 9.67. The minimum absolute atomic E-state index is 0.108. The minimum Gasteiger partial charge on any atom is -0.464 e. The van der Waals surface area contributed by atoms with Crippen molar-refractivity contribution in [2.24, 2.45) is 0 Å². The molecule has 23 heavy (non-hydrogen) atoms. The van der Waals surface area contributed by atoms with Gasteiger partial charge in [-0.1, -0.05) is 70.4 Å². The van der Waals surface area contributed by atoms with E-state index < -0.39 is 0 Å². The Bertz CT molecular complexity index is 277. The highest BCUT2D eigenvalue weighted by atomic mass is 35.5. The first-order valence-corrected chi connectivity index (χ1v) is 10.2. The van der Waals surface area contributed by atoms with Crippen LogP contribution in [0.15, 0.2) is 12.2 Å². The van der Waals surface area contributed by atoms with Gasteiger partial charge >= 0.3 is 5.97 Å². The molecule has 0 unspecified atom stereocenters. The minimum atomic E-state index is -0.108. The van der Waals surface area contributed by atoms with E-state index in [0.717, 1.165) is 12.8 Å². The van der Waals surface area contributed by atoms with Gasteiger partial charge in [0.2, 0.25) is 0 Å². The number of halogens is 1. The highest BCUT2D eigenvalue weighted by molar-refractivity contribution is 6.18. The molecular weight excluding hydrogens is 308 g/mol. The van der Waals surface area contributed by atoms with Crippen LogP contribution < -0.4 is 0 Å². The molecule has 0 atom stereocenters. The van der Waals surface area contributed by atoms with Crippen molar-refractivity contribution in [1.82, 2.24) is 0 Å². The molecule has 2 nitrogen and oxygen atoms in total. The fourth-order valence-corrected chi connectivity index (χ4v) is 2.64. The molecule has 0 spiro atoms. The Morgan fingerprint density at radius 1 is 0.826 bits per heavy atom. The summed E-state index contributed by atoms with van der Waals surface area (Å²) >= 11 is 5.46. The van der Waals surface area contributed by atoms with Crippen LogP contribution in [0.25, 0.3) is 0 Å². The maximum atomic E-state index is 11.2. The zero-order valence-electron chi connectivity index (χ0n) is 15.2. The van der Waals surface area contributed by atoms with Crippen molar-refractivity contribution in [3.63, 3.8) is 0 Å². The van der Waals surface area contributed by atoms with Gasteiger partial charge < -0.3 is 4.74 Å². The fourth-order valence-electron chi connectivity index (χ4n) is 2.56. The molecular formula is C20H37ClO2. The topological polar surface area (TPSA) is 26.3 Å². The quantitative estimate of drug-likeness (QED) is 0.125. The molecule has 0 saturated carbocycles. The molecule has 0 bridgehead atoms. The number of ether oxygens (including phenoxy) is 1. The molecule has 0 saturated heterocycles. The average Bonchev–Trinajstić information content (AvgIpc) is 2.56. The number of unbranched alkanes of at least 4 members (excludes halogenated alkanes) is 11. The van der Waals surface area contributed by atoms with Crippen molar-refractivity contribution >= 4 is 17.6 Å². The van der Waals surface area contributed by atoms with Crippen molar-refractivity contribution in [3.8, 4) is 0 Å². The third-order valence-electron chi connectivity index (χ3n) is 3.98. The van der Waals surface area contributed by atoms with Crippen LogP contribution in [-0.2, 0) is 9.53 Å². The molecule has 0 aliphatic rings. The molecule has 0 fully saturated rings. The van der Waals surface area contributed by atoms with E-state index in [4.69, 9.17) is 16.3 Å². The number of esters is 1. The van der Waals surface area contributed by atoms with Gasteiger partial charge in [0.15, 0.2) is 0 Å². The van der Waals surface area contributed by atoms with Crippen LogP contribution in [0.2, 0.25) is 0 Å². The Labute approximate surface area is 149 Å². The van der Waals surface area contributed by atoms with E-state index in [1.807, 2.05) is 0 Å². The SMILES string of the molecule is CCCCCCCC/C=C/CCCCCCCC(=O)OCCCl. The van der Waals surface area contributed by atoms with Crippen LogP contribution in [0.5, 0.6) is 0 Å². The van der Waals surface area contributed by atoms with Crippen LogP contribution in [-0.4, -0.2) is 18.5 Å². The second kappa shape index (κ2) is 19.5. The Balaban J connectivity index is 3.14. The number of hydrogen-bond donors (Lipinski definition) is 0. The van der Waals surface area contributed by atoms with Crippen LogP contribution in [0.1, 0.15) is 96.8 Å². The van der Waals surface area contributed by atoms with Gasteiger partial charge in [0, 0.05) is 6.42 Å². The van der Waals surface area contributed by atoms with Gasteiger partial charge in [-0.2, -0.15) is 0 Å². The largest absolute Gasteiger partial charge is 0.464 e. The van der Waals surface area contributed by atoms with Crippen LogP contribution in [0.3, 0.4) is 0 Å². The highest BCUT2D eigenvalue weighted by Gasteiger charge is 2.01. The Morgan fingerprint density at radius 2 is 1.35 bits per heavy atom. The highest BCUT2D eigenvalue weighted by Crippen LogP contribution is 2.10. The predicted octanol–water partition coefficient (Wildman–Crippen LogP) is 6.81. The van der Waals surface area contributed by atoms with Crippen molar-refractivity contribution in [1.29, 1.82) is 0 Å². The number of carbonyl (C=O) groups excluding carboxylic acids is 1. The van der Waals surface area contributed by atoms with Gasteiger partial charge in [0.05, 0.1) is 5.88 Å². The summed E-state index contributed by atoms with van der Waals surface area (Å²) in [6.07, 6.45) is 21.8. The van der Waals surface area contributed by atoms with Gasteiger partial charge in [-0.3, -0.25) is 4.79 Å². The van der Waals surface area contributed by atoms with Gasteiger partial charge in [-0.25, -0.2) is 0 Å². The van der Waals surface area contributed by atoms with Gasteiger partial charge in [-0.15, -0.1) is 11.6 Å². The van der Waals surface area contributed by atoms with E-state index >= 15 is 0 Å². The molecule has 0 amide bonds. The summed E-state index contributed by atoms with van der Waals surface area (Å²) in [7, 11) is 0. The normalized spacial score (nSPS) is 11.2. The van der Waals surface area contributed by atoms with Crippen LogP contribution in [0, 0.1) is 0 Å².